The standard InChI is InChI=1S/C22H18Cl2N4O3/c1-12(18-6-2-13-8-14(21(29)30)3-7-19(13)27-18)22(31,10-20-25-11-26-28-20)16-5-4-15(23)9-17(16)24/h2-9,11-12,31H,10H2,1H3,(H,29,30)(H,25,26,28). The first-order valence-electron chi connectivity index (χ1n) is 9.44. The van der Waals surface area contributed by atoms with Gasteiger partial charge in [-0.05, 0) is 36.4 Å². The van der Waals surface area contributed by atoms with Crippen LogP contribution >= 0.6 is 23.2 Å². The minimum Gasteiger partial charge on any atom is -0.478 e. The Morgan fingerprint density at radius 1 is 1.16 bits per heavy atom. The zero-order chi connectivity index (χ0) is 22.2. The second-order valence-corrected chi connectivity index (χ2v) is 8.17. The fourth-order valence-electron chi connectivity index (χ4n) is 3.65. The van der Waals surface area contributed by atoms with Gasteiger partial charge in [0.2, 0.25) is 0 Å². The van der Waals surface area contributed by atoms with Crippen LogP contribution in [0.3, 0.4) is 0 Å². The molecule has 2 aromatic heterocycles. The SMILES string of the molecule is CC(c1ccc2cc(C(=O)O)ccc2n1)C(O)(Cc1ncn[nH]1)c1ccc(Cl)cc1Cl. The van der Waals surface area contributed by atoms with Gasteiger partial charge in [-0.1, -0.05) is 42.3 Å². The van der Waals surface area contributed by atoms with Gasteiger partial charge in [0.05, 0.1) is 11.1 Å². The molecule has 7 nitrogen and oxygen atoms in total. The van der Waals surface area contributed by atoms with E-state index in [0.717, 1.165) is 0 Å². The van der Waals surface area contributed by atoms with E-state index < -0.39 is 17.5 Å². The van der Waals surface area contributed by atoms with E-state index in [9.17, 15) is 15.0 Å². The van der Waals surface area contributed by atoms with Crippen LogP contribution in [0.5, 0.6) is 0 Å². The fourth-order valence-corrected chi connectivity index (χ4v) is 4.23. The molecule has 0 fully saturated rings. The van der Waals surface area contributed by atoms with Crippen LogP contribution in [0.1, 0.15) is 40.3 Å². The number of halogens is 2. The highest BCUT2D eigenvalue weighted by Gasteiger charge is 2.40. The van der Waals surface area contributed by atoms with Gasteiger partial charge >= 0.3 is 5.97 Å². The Labute approximate surface area is 187 Å². The summed E-state index contributed by atoms with van der Waals surface area (Å²) in [5.41, 5.74) is 0.445. The van der Waals surface area contributed by atoms with Crippen molar-refractivity contribution in [2.24, 2.45) is 0 Å². The minimum atomic E-state index is -1.47. The van der Waals surface area contributed by atoms with Gasteiger partial charge in [-0.25, -0.2) is 9.78 Å². The summed E-state index contributed by atoms with van der Waals surface area (Å²) in [7, 11) is 0. The molecular weight excluding hydrogens is 439 g/mol. The number of H-pyrrole nitrogens is 1. The number of hydrogen-bond donors (Lipinski definition) is 3. The highest BCUT2D eigenvalue weighted by atomic mass is 35.5. The molecule has 31 heavy (non-hydrogen) atoms. The van der Waals surface area contributed by atoms with Gasteiger partial charge in [0.1, 0.15) is 17.8 Å². The highest BCUT2D eigenvalue weighted by Crippen LogP contribution is 2.42. The second-order valence-electron chi connectivity index (χ2n) is 7.33. The number of carbonyl (C=O) groups is 1. The van der Waals surface area contributed by atoms with E-state index in [4.69, 9.17) is 23.2 Å². The monoisotopic (exact) mass is 456 g/mol. The van der Waals surface area contributed by atoms with E-state index in [1.807, 2.05) is 6.92 Å². The smallest absolute Gasteiger partial charge is 0.335 e. The molecule has 0 aliphatic heterocycles. The van der Waals surface area contributed by atoms with E-state index in [2.05, 4.69) is 20.2 Å². The number of carboxylic acid groups (broad SMARTS) is 1. The van der Waals surface area contributed by atoms with Gasteiger partial charge in [0, 0.05) is 39.0 Å². The van der Waals surface area contributed by atoms with Crippen LogP contribution < -0.4 is 0 Å². The van der Waals surface area contributed by atoms with Crippen molar-refractivity contribution >= 4 is 40.1 Å². The van der Waals surface area contributed by atoms with Gasteiger partial charge in [0.15, 0.2) is 0 Å². The van der Waals surface area contributed by atoms with Crippen LogP contribution in [-0.2, 0) is 12.0 Å². The lowest BCUT2D eigenvalue weighted by Gasteiger charge is -2.34. The second kappa shape index (κ2) is 8.26. The number of pyridine rings is 1. The van der Waals surface area contributed by atoms with E-state index in [0.29, 0.717) is 38.0 Å². The summed E-state index contributed by atoms with van der Waals surface area (Å²) < 4.78 is 0. The molecule has 0 bridgehead atoms. The van der Waals surface area contributed by atoms with Crippen molar-refractivity contribution < 1.29 is 15.0 Å². The van der Waals surface area contributed by atoms with Crippen LogP contribution in [0.4, 0.5) is 0 Å². The Balaban J connectivity index is 1.80. The van der Waals surface area contributed by atoms with E-state index >= 15 is 0 Å². The third-order valence-corrected chi connectivity index (χ3v) is 5.96. The van der Waals surface area contributed by atoms with Crippen molar-refractivity contribution in [3.05, 3.63) is 87.5 Å². The summed E-state index contributed by atoms with van der Waals surface area (Å²) in [6.45, 7) is 1.85. The van der Waals surface area contributed by atoms with Crippen LogP contribution in [0.15, 0.2) is 54.9 Å². The van der Waals surface area contributed by atoms with E-state index in [1.165, 1.54) is 12.4 Å². The fraction of sp³-hybridized carbons (Fsp3) is 0.182. The molecule has 158 valence electrons. The van der Waals surface area contributed by atoms with Crippen molar-refractivity contribution in [1.82, 2.24) is 20.2 Å². The van der Waals surface area contributed by atoms with Crippen LogP contribution in [0.25, 0.3) is 10.9 Å². The average Bonchev–Trinajstić information content (AvgIpc) is 3.25. The molecule has 4 aromatic rings. The summed E-state index contributed by atoms with van der Waals surface area (Å²) >= 11 is 12.5. The van der Waals surface area contributed by atoms with E-state index in [1.54, 1.807) is 42.5 Å². The maximum absolute atomic E-state index is 11.9. The normalized spacial score (nSPS) is 14.3. The number of aliphatic hydroxyl groups is 1. The van der Waals surface area contributed by atoms with Gasteiger partial charge < -0.3 is 10.2 Å². The van der Waals surface area contributed by atoms with Gasteiger partial charge in [0.25, 0.3) is 0 Å². The highest BCUT2D eigenvalue weighted by molar-refractivity contribution is 6.35. The Morgan fingerprint density at radius 2 is 1.97 bits per heavy atom. The van der Waals surface area contributed by atoms with Crippen molar-refractivity contribution in [3.63, 3.8) is 0 Å². The quantitative estimate of drug-likeness (QED) is 0.391. The predicted molar refractivity (Wildman–Crippen MR) is 118 cm³/mol. The lowest BCUT2D eigenvalue weighted by atomic mass is 9.77. The number of benzene rings is 2. The molecule has 4 rings (SSSR count). The predicted octanol–water partition coefficient (Wildman–Crippen LogP) is 4.59. The molecule has 0 aliphatic carbocycles. The zero-order valence-electron chi connectivity index (χ0n) is 16.4. The third-order valence-electron chi connectivity index (χ3n) is 5.42. The molecule has 0 saturated carbocycles. The number of nitrogens with one attached hydrogen (secondary N) is 1. The van der Waals surface area contributed by atoms with Crippen molar-refractivity contribution in [2.45, 2.75) is 24.9 Å². The van der Waals surface area contributed by atoms with Gasteiger partial charge in [-0.15, -0.1) is 0 Å². The molecule has 2 unspecified atom stereocenters. The van der Waals surface area contributed by atoms with Crippen LogP contribution in [0.2, 0.25) is 10.0 Å². The minimum absolute atomic E-state index is 0.118. The first kappa shape index (κ1) is 21.2. The van der Waals surface area contributed by atoms with Gasteiger partial charge in [-0.2, -0.15) is 5.10 Å². The van der Waals surface area contributed by atoms with E-state index in [-0.39, 0.29) is 12.0 Å². The molecule has 0 saturated heterocycles. The topological polar surface area (TPSA) is 112 Å². The largest absolute Gasteiger partial charge is 0.478 e. The maximum atomic E-state index is 11.9. The number of aromatic carboxylic acids is 1. The van der Waals surface area contributed by atoms with Crippen LogP contribution in [0, 0.1) is 0 Å². The summed E-state index contributed by atoms with van der Waals surface area (Å²) in [4.78, 5) is 20.1. The number of hydrogen-bond acceptors (Lipinski definition) is 5. The molecule has 3 N–H and O–H groups in total. The summed E-state index contributed by atoms with van der Waals surface area (Å²) in [6, 6.07) is 13.2. The molecule has 2 heterocycles. The lowest BCUT2D eigenvalue weighted by Crippen LogP contribution is -2.36. The van der Waals surface area contributed by atoms with Crippen molar-refractivity contribution in [3.8, 4) is 0 Å². The summed E-state index contributed by atoms with van der Waals surface area (Å²) in [5.74, 6) is -1.01. The molecule has 2 atom stereocenters. The lowest BCUT2D eigenvalue weighted by molar-refractivity contribution is 0.00979. The average molecular weight is 457 g/mol. The number of aromatic amines is 1. The molecule has 0 radical (unpaired) electrons. The Bertz CT molecular complexity index is 1260. The molecule has 2 aromatic carbocycles. The van der Waals surface area contributed by atoms with Gasteiger partial charge in [-0.3, -0.25) is 10.1 Å². The van der Waals surface area contributed by atoms with Crippen LogP contribution in [-0.4, -0.2) is 36.3 Å². The number of carboxylic acids is 1. The van der Waals surface area contributed by atoms with Crippen molar-refractivity contribution in [2.75, 3.05) is 0 Å². The zero-order valence-corrected chi connectivity index (χ0v) is 17.9. The Morgan fingerprint density at radius 3 is 2.65 bits per heavy atom. The number of nitrogens with zero attached hydrogens (tertiary/aromatic N) is 3. The molecule has 0 amide bonds. The third kappa shape index (κ3) is 4.12. The number of fused-ring (bicyclic) bond motifs is 1. The molecule has 0 spiro atoms. The first-order chi connectivity index (χ1) is 14.8. The summed E-state index contributed by atoms with van der Waals surface area (Å²) in [5, 5.41) is 29.2. The Hall–Kier alpha value is -3.00. The number of rotatable bonds is 6. The molecule has 9 heteroatoms. The first-order valence-corrected chi connectivity index (χ1v) is 10.2. The summed E-state index contributed by atoms with van der Waals surface area (Å²) in [6.07, 6.45) is 1.49. The Kier molecular flexibility index (Phi) is 5.66. The molecular formula is C22H18Cl2N4O3. The number of aromatic nitrogens is 4. The molecule has 0 aliphatic rings. The van der Waals surface area contributed by atoms with Crippen molar-refractivity contribution in [1.29, 1.82) is 0 Å². The maximum Gasteiger partial charge on any atom is 0.335 e.